The Bertz CT molecular complexity index is 913. The van der Waals surface area contributed by atoms with E-state index in [0.29, 0.717) is 22.4 Å². The minimum absolute atomic E-state index is 0.00258. The topological polar surface area (TPSA) is 103 Å². The number of nitrogens with one attached hydrogen (secondary N) is 1. The van der Waals surface area contributed by atoms with E-state index in [2.05, 4.69) is 4.98 Å². The fourth-order valence-corrected chi connectivity index (χ4v) is 3.00. The van der Waals surface area contributed by atoms with Crippen LogP contribution in [0.5, 0.6) is 0 Å². The highest BCUT2D eigenvalue weighted by molar-refractivity contribution is 6.04. The van der Waals surface area contributed by atoms with Crippen LogP contribution in [0.1, 0.15) is 69.2 Å². The fourth-order valence-electron chi connectivity index (χ4n) is 3.00. The predicted molar refractivity (Wildman–Crippen MR) is 106 cm³/mol. The molecule has 0 amide bonds. The number of ketones is 2. The lowest BCUT2D eigenvalue weighted by atomic mass is 10.1. The van der Waals surface area contributed by atoms with Gasteiger partial charge in [-0.15, -0.1) is 0 Å². The maximum absolute atomic E-state index is 12.7. The van der Waals surface area contributed by atoms with Gasteiger partial charge in [-0.25, -0.2) is 4.79 Å². The Kier molecular flexibility index (Phi) is 7.47. The maximum atomic E-state index is 12.7. The van der Waals surface area contributed by atoms with Crippen LogP contribution < -0.4 is 0 Å². The predicted octanol–water partition coefficient (Wildman–Crippen LogP) is 3.59. The summed E-state index contributed by atoms with van der Waals surface area (Å²) in [6, 6.07) is 8.65. The molecule has 1 aromatic heterocycles. The molecule has 7 nitrogen and oxygen atoms in total. The number of aromatic amines is 1. The average molecular weight is 399 g/mol. The van der Waals surface area contributed by atoms with Crippen molar-refractivity contribution in [2.45, 2.75) is 46.6 Å². The molecule has 0 bridgehead atoms. The zero-order chi connectivity index (χ0) is 21.6. The van der Waals surface area contributed by atoms with Crippen molar-refractivity contribution in [1.29, 1.82) is 0 Å². The van der Waals surface area contributed by atoms with Gasteiger partial charge in [0, 0.05) is 17.7 Å². The van der Waals surface area contributed by atoms with Crippen molar-refractivity contribution < 1.29 is 28.7 Å². The highest BCUT2D eigenvalue weighted by Gasteiger charge is 2.27. The van der Waals surface area contributed by atoms with Gasteiger partial charge in [0.2, 0.25) is 5.78 Å². The van der Waals surface area contributed by atoms with Crippen molar-refractivity contribution in [3.05, 3.63) is 58.4 Å². The minimum atomic E-state index is -1.05. The van der Waals surface area contributed by atoms with Gasteiger partial charge in [0.25, 0.3) is 0 Å². The van der Waals surface area contributed by atoms with Gasteiger partial charge in [-0.05, 0) is 33.3 Å². The first-order valence-corrected chi connectivity index (χ1v) is 9.44. The Morgan fingerprint density at radius 3 is 2.31 bits per heavy atom. The normalized spacial score (nSPS) is 11.6. The van der Waals surface area contributed by atoms with Crippen molar-refractivity contribution in [2.24, 2.45) is 0 Å². The van der Waals surface area contributed by atoms with Crippen LogP contribution >= 0.6 is 0 Å². The summed E-state index contributed by atoms with van der Waals surface area (Å²) in [6.07, 6.45) is -1.18. The van der Waals surface area contributed by atoms with Crippen LogP contribution in [0.4, 0.5) is 0 Å². The smallest absolute Gasteiger partial charge is 0.340 e. The number of aromatic nitrogens is 1. The molecule has 0 saturated carbocycles. The summed E-state index contributed by atoms with van der Waals surface area (Å²) in [7, 11) is 0. The van der Waals surface area contributed by atoms with Gasteiger partial charge in [-0.3, -0.25) is 14.4 Å². The van der Waals surface area contributed by atoms with Gasteiger partial charge in [0.15, 0.2) is 11.9 Å². The molecule has 2 aromatic rings. The van der Waals surface area contributed by atoms with E-state index in [9.17, 15) is 19.2 Å². The maximum Gasteiger partial charge on any atom is 0.340 e. The van der Waals surface area contributed by atoms with Gasteiger partial charge in [-0.2, -0.15) is 0 Å². The number of H-pyrrole nitrogens is 1. The number of benzene rings is 1. The summed E-state index contributed by atoms with van der Waals surface area (Å²) in [5.41, 5.74) is 1.99. The summed E-state index contributed by atoms with van der Waals surface area (Å²) in [4.78, 5) is 51.8. The van der Waals surface area contributed by atoms with E-state index in [0.717, 1.165) is 0 Å². The van der Waals surface area contributed by atoms with Crippen molar-refractivity contribution in [3.8, 4) is 0 Å². The molecule has 1 N–H and O–H groups in total. The van der Waals surface area contributed by atoms with Gasteiger partial charge < -0.3 is 14.5 Å². The number of carbonyl (C=O) groups is 4. The molecule has 0 saturated heterocycles. The molecule has 0 fully saturated rings. The van der Waals surface area contributed by atoms with Crippen LogP contribution in [-0.4, -0.2) is 41.2 Å². The first-order valence-electron chi connectivity index (χ1n) is 9.44. The average Bonchev–Trinajstić information content (AvgIpc) is 3.00. The zero-order valence-corrected chi connectivity index (χ0v) is 17.0. The minimum Gasteiger partial charge on any atom is -0.462 e. The van der Waals surface area contributed by atoms with E-state index < -0.39 is 23.8 Å². The number of carbonyl (C=O) groups excluding carboxylic acids is 4. The van der Waals surface area contributed by atoms with Crippen molar-refractivity contribution >= 4 is 23.5 Å². The molecular formula is C22H25NO6. The SMILES string of the molecule is CCOC(=O)c1c(C)[nH]c(C(=O)[C@H](C)OC(=O)CCC(=O)c2ccccc2)c1C. The monoisotopic (exact) mass is 399 g/mol. The fraction of sp³-hybridized carbons (Fsp3) is 0.364. The number of aryl methyl sites for hydroxylation is 1. The summed E-state index contributed by atoms with van der Waals surface area (Å²) >= 11 is 0. The van der Waals surface area contributed by atoms with Crippen LogP contribution in [0.2, 0.25) is 0 Å². The molecule has 0 aliphatic carbocycles. The Balaban J connectivity index is 1.98. The third-order valence-corrected chi connectivity index (χ3v) is 4.49. The molecule has 2 rings (SSSR count). The van der Waals surface area contributed by atoms with Gasteiger partial charge >= 0.3 is 11.9 Å². The van der Waals surface area contributed by atoms with Crippen LogP contribution in [0.15, 0.2) is 30.3 Å². The summed E-state index contributed by atoms with van der Waals surface area (Å²) in [5, 5.41) is 0. The quantitative estimate of drug-likeness (QED) is 0.511. The molecular weight excluding hydrogens is 374 g/mol. The highest BCUT2D eigenvalue weighted by atomic mass is 16.5. The third kappa shape index (κ3) is 5.40. The van der Waals surface area contributed by atoms with Gasteiger partial charge in [0.1, 0.15) is 0 Å². The van der Waals surface area contributed by atoms with Crippen molar-refractivity contribution in [3.63, 3.8) is 0 Å². The van der Waals surface area contributed by atoms with Gasteiger partial charge in [0.05, 0.1) is 24.3 Å². The molecule has 29 heavy (non-hydrogen) atoms. The van der Waals surface area contributed by atoms with Gasteiger partial charge in [-0.1, -0.05) is 30.3 Å². The van der Waals surface area contributed by atoms with Crippen LogP contribution in [0.25, 0.3) is 0 Å². The molecule has 1 aromatic carbocycles. The Morgan fingerprint density at radius 1 is 1.03 bits per heavy atom. The van der Waals surface area contributed by atoms with E-state index in [1.807, 2.05) is 0 Å². The number of esters is 2. The second-order valence-corrected chi connectivity index (χ2v) is 6.63. The van der Waals surface area contributed by atoms with E-state index in [1.165, 1.54) is 6.92 Å². The summed E-state index contributed by atoms with van der Waals surface area (Å²) in [5.74, 6) is -1.77. The lowest BCUT2D eigenvalue weighted by molar-refractivity contribution is -0.146. The second-order valence-electron chi connectivity index (χ2n) is 6.63. The Hall–Kier alpha value is -3.22. The summed E-state index contributed by atoms with van der Waals surface area (Å²) in [6.45, 7) is 6.68. The number of hydrogen-bond acceptors (Lipinski definition) is 6. The number of rotatable bonds is 9. The van der Waals surface area contributed by atoms with E-state index in [4.69, 9.17) is 9.47 Å². The number of hydrogen-bond donors (Lipinski definition) is 1. The van der Waals surface area contributed by atoms with Crippen LogP contribution in [0, 0.1) is 13.8 Å². The molecule has 0 aliphatic rings. The molecule has 0 unspecified atom stereocenters. The molecule has 154 valence electrons. The van der Waals surface area contributed by atoms with Crippen molar-refractivity contribution in [1.82, 2.24) is 4.98 Å². The largest absolute Gasteiger partial charge is 0.462 e. The molecule has 0 spiro atoms. The highest BCUT2D eigenvalue weighted by Crippen LogP contribution is 2.21. The Morgan fingerprint density at radius 2 is 1.69 bits per heavy atom. The van der Waals surface area contributed by atoms with E-state index >= 15 is 0 Å². The first-order chi connectivity index (χ1) is 13.8. The molecule has 1 heterocycles. The van der Waals surface area contributed by atoms with E-state index in [-0.39, 0.29) is 30.9 Å². The Labute approximate surface area is 169 Å². The standard InChI is InChI=1S/C22H25NO6/c1-5-28-22(27)19-13(2)20(23-14(19)3)21(26)15(4)29-18(25)12-11-17(24)16-9-7-6-8-10-16/h6-10,15,23H,5,11-12H2,1-4H3/t15-/m0/s1. The lowest BCUT2D eigenvalue weighted by Crippen LogP contribution is -2.25. The third-order valence-electron chi connectivity index (χ3n) is 4.49. The second kappa shape index (κ2) is 9.82. The number of ether oxygens (including phenoxy) is 2. The van der Waals surface area contributed by atoms with E-state index in [1.54, 1.807) is 51.1 Å². The molecule has 7 heteroatoms. The number of Topliss-reactive ketones (excluding diaryl/α,β-unsaturated/α-hetero) is 2. The lowest BCUT2D eigenvalue weighted by Gasteiger charge is -2.12. The molecule has 0 aliphatic heterocycles. The molecule has 1 atom stereocenters. The summed E-state index contributed by atoms with van der Waals surface area (Å²) < 4.78 is 10.2. The zero-order valence-electron chi connectivity index (χ0n) is 17.0. The van der Waals surface area contributed by atoms with Crippen LogP contribution in [-0.2, 0) is 14.3 Å². The first kappa shape index (κ1) is 22.1. The van der Waals surface area contributed by atoms with Crippen LogP contribution in [0.3, 0.4) is 0 Å². The van der Waals surface area contributed by atoms with Crippen molar-refractivity contribution in [2.75, 3.05) is 6.61 Å². The molecule has 0 radical (unpaired) electrons.